The van der Waals surface area contributed by atoms with Crippen molar-refractivity contribution < 1.29 is 4.79 Å². The van der Waals surface area contributed by atoms with Crippen molar-refractivity contribution >= 4 is 34.2 Å². The van der Waals surface area contributed by atoms with Gasteiger partial charge in [-0.1, -0.05) is 29.3 Å². The summed E-state index contributed by atoms with van der Waals surface area (Å²) in [5.41, 5.74) is 5.10. The van der Waals surface area contributed by atoms with Crippen LogP contribution in [-0.4, -0.2) is 45.6 Å². The molecule has 0 bridgehead atoms. The van der Waals surface area contributed by atoms with Gasteiger partial charge in [-0.05, 0) is 49.2 Å². The molecule has 0 spiro atoms. The number of carbonyl (C=O) groups is 1. The van der Waals surface area contributed by atoms with Gasteiger partial charge in [-0.3, -0.25) is 9.69 Å². The second-order valence-electron chi connectivity index (χ2n) is 7.61. The summed E-state index contributed by atoms with van der Waals surface area (Å²) in [5, 5.41) is 12.1. The highest BCUT2D eigenvalue weighted by Crippen LogP contribution is 2.44. The molecule has 1 amide bonds. The fourth-order valence-electron chi connectivity index (χ4n) is 4.66. The molecule has 3 aromatic rings. The molecule has 0 saturated carbocycles. The first-order valence-corrected chi connectivity index (χ1v) is 9.75. The predicted octanol–water partition coefficient (Wildman–Crippen LogP) is 3.52. The first-order valence-electron chi connectivity index (χ1n) is 9.37. The van der Waals surface area contributed by atoms with Crippen LogP contribution in [0.25, 0.3) is 10.9 Å². The highest BCUT2D eigenvalue weighted by molar-refractivity contribution is 6.29. The Morgan fingerprint density at radius 1 is 1.29 bits per heavy atom. The SMILES string of the molecule is CN1CC(=CC(=O)Nc2ccc(Cl)nn2)CC2c3cccc4[nH]cc(c34)C[C@H]21. The van der Waals surface area contributed by atoms with Crippen molar-refractivity contribution in [1.82, 2.24) is 20.1 Å². The number of rotatable bonds is 2. The minimum Gasteiger partial charge on any atom is -0.361 e. The number of aromatic nitrogens is 3. The maximum atomic E-state index is 12.5. The van der Waals surface area contributed by atoms with Crippen LogP contribution in [0.5, 0.6) is 0 Å². The third-order valence-corrected chi connectivity index (χ3v) is 6.03. The third-order valence-electron chi connectivity index (χ3n) is 5.83. The molecule has 2 aromatic heterocycles. The monoisotopic (exact) mass is 393 g/mol. The number of likely N-dealkylation sites (tertiary alicyclic amines) is 1. The van der Waals surface area contributed by atoms with E-state index >= 15 is 0 Å². The van der Waals surface area contributed by atoms with Gasteiger partial charge in [0.25, 0.3) is 0 Å². The molecule has 1 unspecified atom stereocenters. The fourth-order valence-corrected chi connectivity index (χ4v) is 4.76. The number of nitrogens with zero attached hydrogens (tertiary/aromatic N) is 3. The highest BCUT2D eigenvalue weighted by atomic mass is 35.5. The van der Waals surface area contributed by atoms with E-state index in [9.17, 15) is 4.79 Å². The second-order valence-corrected chi connectivity index (χ2v) is 8.00. The number of anilines is 1. The Morgan fingerprint density at radius 3 is 3.00 bits per heavy atom. The van der Waals surface area contributed by atoms with Crippen LogP contribution in [0.1, 0.15) is 23.5 Å². The van der Waals surface area contributed by atoms with Gasteiger partial charge in [-0.25, -0.2) is 0 Å². The summed E-state index contributed by atoms with van der Waals surface area (Å²) in [4.78, 5) is 18.2. The Bertz CT molecular complexity index is 1090. The molecule has 7 heteroatoms. The third kappa shape index (κ3) is 2.99. The summed E-state index contributed by atoms with van der Waals surface area (Å²) in [5.74, 6) is 0.600. The van der Waals surface area contributed by atoms with Crippen molar-refractivity contribution in [3.8, 4) is 0 Å². The van der Waals surface area contributed by atoms with Crippen molar-refractivity contribution in [1.29, 1.82) is 0 Å². The molecule has 142 valence electrons. The Balaban J connectivity index is 1.41. The quantitative estimate of drug-likeness (QED) is 0.653. The standard InChI is InChI=1S/C21H20ClN5O/c1-27-11-12(8-20(28)24-19-6-5-18(22)25-26-19)7-15-14-3-2-4-16-21(14)13(10-23-16)9-17(15)27/h2-6,8,10,15,17,23H,7,9,11H2,1H3,(H,24,26,28)/t15?,17-/m1/s1. The molecule has 5 rings (SSSR count). The molecule has 0 radical (unpaired) electrons. The number of nitrogens with one attached hydrogen (secondary N) is 2. The van der Waals surface area contributed by atoms with Gasteiger partial charge >= 0.3 is 0 Å². The summed E-state index contributed by atoms with van der Waals surface area (Å²) < 4.78 is 0. The maximum absolute atomic E-state index is 12.5. The van der Waals surface area contributed by atoms with Gasteiger partial charge in [-0.2, -0.15) is 0 Å². The van der Waals surface area contributed by atoms with E-state index < -0.39 is 0 Å². The number of fused-ring (bicyclic) bond motifs is 2. The van der Waals surface area contributed by atoms with Gasteiger partial charge < -0.3 is 10.3 Å². The van der Waals surface area contributed by atoms with Crippen molar-refractivity contribution in [2.75, 3.05) is 18.9 Å². The molecule has 28 heavy (non-hydrogen) atoms. The van der Waals surface area contributed by atoms with Crippen molar-refractivity contribution in [2.45, 2.75) is 24.8 Å². The van der Waals surface area contributed by atoms with E-state index in [0.717, 1.165) is 25.0 Å². The minimum absolute atomic E-state index is 0.185. The first-order chi connectivity index (χ1) is 13.6. The summed E-state index contributed by atoms with van der Waals surface area (Å²) in [7, 11) is 2.14. The van der Waals surface area contributed by atoms with Crippen LogP contribution in [-0.2, 0) is 11.2 Å². The molecule has 1 saturated heterocycles. The van der Waals surface area contributed by atoms with Crippen LogP contribution in [0.15, 0.2) is 48.2 Å². The molecule has 1 aromatic carbocycles. The molecule has 2 atom stereocenters. The van der Waals surface area contributed by atoms with Crippen molar-refractivity contribution in [3.05, 3.63) is 64.5 Å². The van der Waals surface area contributed by atoms with Gasteiger partial charge in [0.05, 0.1) is 0 Å². The molecule has 2 aliphatic rings. The van der Waals surface area contributed by atoms with Crippen LogP contribution in [0.3, 0.4) is 0 Å². The first kappa shape index (κ1) is 17.4. The average molecular weight is 394 g/mol. The van der Waals surface area contributed by atoms with Crippen LogP contribution >= 0.6 is 11.6 Å². The number of piperidine rings is 1. The topological polar surface area (TPSA) is 73.9 Å². The number of halogens is 1. The van der Waals surface area contributed by atoms with Gasteiger partial charge in [0.15, 0.2) is 11.0 Å². The number of carbonyl (C=O) groups excluding carboxylic acids is 1. The Morgan fingerprint density at radius 2 is 2.18 bits per heavy atom. The number of aromatic amines is 1. The summed E-state index contributed by atoms with van der Waals surface area (Å²) >= 11 is 5.74. The lowest BCUT2D eigenvalue weighted by molar-refractivity contribution is -0.112. The fraction of sp³-hybridized carbons (Fsp3) is 0.286. The number of hydrogen-bond acceptors (Lipinski definition) is 4. The van der Waals surface area contributed by atoms with Crippen LogP contribution in [0.2, 0.25) is 5.15 Å². The zero-order valence-electron chi connectivity index (χ0n) is 15.4. The van der Waals surface area contributed by atoms with Gasteiger partial charge in [-0.15, -0.1) is 10.2 Å². The molecule has 1 aliphatic carbocycles. The summed E-state index contributed by atoms with van der Waals surface area (Å²) in [6, 6.07) is 10.2. The minimum atomic E-state index is -0.185. The lowest BCUT2D eigenvalue weighted by Gasteiger charge is -2.43. The van der Waals surface area contributed by atoms with Crippen LogP contribution < -0.4 is 5.32 Å². The van der Waals surface area contributed by atoms with Gasteiger partial charge in [0, 0.05) is 41.7 Å². The molecule has 1 fully saturated rings. The molecular weight excluding hydrogens is 374 g/mol. The smallest absolute Gasteiger partial charge is 0.249 e. The van der Waals surface area contributed by atoms with E-state index in [0.29, 0.717) is 22.9 Å². The Kier molecular flexibility index (Phi) is 4.18. The zero-order valence-corrected chi connectivity index (χ0v) is 16.2. The highest BCUT2D eigenvalue weighted by Gasteiger charge is 2.37. The summed E-state index contributed by atoms with van der Waals surface area (Å²) in [6.07, 6.45) is 5.77. The van der Waals surface area contributed by atoms with E-state index in [1.165, 1.54) is 22.0 Å². The molecule has 2 N–H and O–H groups in total. The largest absolute Gasteiger partial charge is 0.361 e. The number of likely N-dealkylation sites (N-methyl/N-ethyl adjacent to an activating group) is 1. The van der Waals surface area contributed by atoms with Crippen molar-refractivity contribution in [3.63, 3.8) is 0 Å². The van der Waals surface area contributed by atoms with Gasteiger partial charge in [0.1, 0.15) is 0 Å². The second kappa shape index (κ2) is 6.72. The van der Waals surface area contributed by atoms with E-state index in [-0.39, 0.29) is 5.91 Å². The van der Waals surface area contributed by atoms with Crippen LogP contribution in [0, 0.1) is 0 Å². The summed E-state index contributed by atoms with van der Waals surface area (Å²) in [6.45, 7) is 0.788. The number of hydrogen-bond donors (Lipinski definition) is 2. The number of amides is 1. The van der Waals surface area contributed by atoms with Crippen LogP contribution in [0.4, 0.5) is 5.82 Å². The molecular formula is C21H20ClN5O. The predicted molar refractivity (Wildman–Crippen MR) is 110 cm³/mol. The normalized spacial score (nSPS) is 23.0. The van der Waals surface area contributed by atoms with Crippen molar-refractivity contribution in [2.24, 2.45) is 0 Å². The molecule has 3 heterocycles. The van der Waals surface area contributed by atoms with E-state index in [4.69, 9.17) is 11.6 Å². The lowest BCUT2D eigenvalue weighted by Crippen LogP contribution is -2.45. The molecule has 1 aliphatic heterocycles. The lowest BCUT2D eigenvalue weighted by atomic mass is 9.74. The van der Waals surface area contributed by atoms with E-state index in [1.807, 2.05) is 0 Å². The number of benzene rings is 1. The van der Waals surface area contributed by atoms with Gasteiger partial charge in [0.2, 0.25) is 5.91 Å². The van der Waals surface area contributed by atoms with E-state index in [2.05, 4.69) is 56.8 Å². The Hall–Kier alpha value is -2.70. The van der Waals surface area contributed by atoms with E-state index in [1.54, 1.807) is 18.2 Å². The zero-order chi connectivity index (χ0) is 19.3. The average Bonchev–Trinajstić information content (AvgIpc) is 3.09. The Labute approximate surface area is 167 Å². The number of H-pyrrole nitrogens is 1. The maximum Gasteiger partial charge on any atom is 0.249 e. The molecule has 6 nitrogen and oxygen atoms in total.